The monoisotopic (exact) mass is 546 g/mol. The van der Waals surface area contributed by atoms with Crippen LogP contribution in [0.3, 0.4) is 0 Å². The maximum Gasteiger partial charge on any atom is 0.352 e. The maximum atomic E-state index is 14.0. The lowest BCUT2D eigenvalue weighted by molar-refractivity contribution is -0.137. The predicted molar refractivity (Wildman–Crippen MR) is 154 cm³/mol. The fraction of sp³-hybridized carbons (Fsp3) is 0.419. The van der Waals surface area contributed by atoms with E-state index in [9.17, 15) is 19.5 Å². The highest BCUT2D eigenvalue weighted by Crippen LogP contribution is 2.48. The van der Waals surface area contributed by atoms with Gasteiger partial charge in [-0.25, -0.2) is 4.79 Å². The van der Waals surface area contributed by atoms with Gasteiger partial charge in [0.1, 0.15) is 12.3 Å². The van der Waals surface area contributed by atoms with Gasteiger partial charge in [-0.3, -0.25) is 9.59 Å². The first-order valence-corrected chi connectivity index (χ1v) is 13.8. The molecule has 4 N–H and O–H groups in total. The number of amides is 2. The van der Waals surface area contributed by atoms with Gasteiger partial charge in [0.05, 0.1) is 23.6 Å². The number of aromatic nitrogens is 1. The minimum atomic E-state index is -1.47. The zero-order valence-electron chi connectivity index (χ0n) is 23.3. The van der Waals surface area contributed by atoms with Crippen molar-refractivity contribution < 1.29 is 24.3 Å². The molecule has 3 atom stereocenters. The van der Waals surface area contributed by atoms with Crippen LogP contribution in [0.5, 0.6) is 0 Å². The number of hydrogen-bond donors (Lipinski definition) is 3. The number of hydrogen-bond acceptors (Lipinski definition) is 5. The molecule has 0 aliphatic heterocycles. The van der Waals surface area contributed by atoms with Crippen LogP contribution in [0.2, 0.25) is 0 Å². The Bertz CT molecular complexity index is 1400. The second-order valence-corrected chi connectivity index (χ2v) is 11.0. The summed E-state index contributed by atoms with van der Waals surface area (Å²) in [5.74, 6) is -2.79. The molecule has 0 saturated heterocycles. The molecule has 1 aromatic heterocycles. The largest absolute Gasteiger partial charge is 0.477 e. The van der Waals surface area contributed by atoms with Gasteiger partial charge < -0.3 is 25.6 Å². The molecule has 1 saturated carbocycles. The van der Waals surface area contributed by atoms with Crippen molar-refractivity contribution in [3.8, 4) is 0 Å². The Morgan fingerprint density at radius 1 is 1.15 bits per heavy atom. The van der Waals surface area contributed by atoms with Crippen LogP contribution in [0.1, 0.15) is 67.6 Å². The third-order valence-electron chi connectivity index (χ3n) is 7.86. The number of rotatable bonds is 11. The number of nitrogens with zero attached hydrogens (tertiary/aromatic N) is 2. The van der Waals surface area contributed by atoms with E-state index in [1.807, 2.05) is 56.3 Å². The van der Waals surface area contributed by atoms with E-state index in [1.54, 1.807) is 30.0 Å². The summed E-state index contributed by atoms with van der Waals surface area (Å²) >= 11 is 0. The summed E-state index contributed by atoms with van der Waals surface area (Å²) in [6.45, 7) is 4.38. The summed E-state index contributed by atoms with van der Waals surface area (Å²) < 4.78 is 1.57. The van der Waals surface area contributed by atoms with Gasteiger partial charge in [0.2, 0.25) is 11.8 Å². The Morgan fingerprint density at radius 2 is 1.85 bits per heavy atom. The van der Waals surface area contributed by atoms with Crippen LogP contribution in [-0.4, -0.2) is 39.7 Å². The Morgan fingerprint density at radius 3 is 2.52 bits per heavy atom. The molecule has 2 amide bonds. The Kier molecular flexibility index (Phi) is 8.92. The number of benzene rings is 2. The van der Waals surface area contributed by atoms with Crippen molar-refractivity contribution in [2.24, 2.45) is 29.8 Å². The fourth-order valence-electron chi connectivity index (χ4n) is 6.09. The molecule has 1 unspecified atom stereocenters. The topological polar surface area (TPSA) is 136 Å². The average molecular weight is 547 g/mol. The van der Waals surface area contributed by atoms with Gasteiger partial charge in [0.25, 0.3) is 0 Å². The molecule has 3 aromatic rings. The number of carbonyl (C=O) groups is 3. The molecule has 0 radical (unpaired) electrons. The summed E-state index contributed by atoms with van der Waals surface area (Å²) in [6, 6.07) is 16.4. The lowest BCUT2D eigenvalue weighted by Crippen LogP contribution is -2.56. The number of carboxylic acid groups (broad SMARTS) is 1. The normalized spacial score (nSPS) is 20.1. The fourth-order valence-corrected chi connectivity index (χ4v) is 6.09. The molecule has 9 nitrogen and oxygen atoms in total. The summed E-state index contributed by atoms with van der Waals surface area (Å²) in [6.07, 6.45) is 4.26. The number of carbonyl (C=O) groups excluding carboxylic acids is 2. The molecular formula is C31H38N4O5. The van der Waals surface area contributed by atoms with Crippen LogP contribution < -0.4 is 11.1 Å². The molecule has 1 heterocycles. The third kappa shape index (κ3) is 5.73. The summed E-state index contributed by atoms with van der Waals surface area (Å²) in [4.78, 5) is 45.4. The van der Waals surface area contributed by atoms with Gasteiger partial charge >= 0.3 is 5.97 Å². The zero-order valence-corrected chi connectivity index (χ0v) is 23.3. The molecule has 2 aromatic carbocycles. The first-order chi connectivity index (χ1) is 19.2. The molecule has 0 bridgehead atoms. The molecular weight excluding hydrogens is 508 g/mol. The highest BCUT2D eigenvalue weighted by Gasteiger charge is 2.54. The number of aromatic carboxylic acids is 1. The maximum absolute atomic E-state index is 14.0. The molecule has 1 aliphatic carbocycles. The first kappa shape index (κ1) is 28.9. The van der Waals surface area contributed by atoms with Crippen LogP contribution in [0.25, 0.3) is 10.9 Å². The van der Waals surface area contributed by atoms with E-state index < -0.39 is 29.3 Å². The van der Waals surface area contributed by atoms with E-state index in [2.05, 4.69) is 10.5 Å². The van der Waals surface area contributed by atoms with E-state index in [4.69, 9.17) is 10.6 Å². The summed E-state index contributed by atoms with van der Waals surface area (Å²) in [5.41, 5.74) is 6.60. The number of carboxylic acids is 1. The van der Waals surface area contributed by atoms with E-state index in [-0.39, 0.29) is 23.9 Å². The second kappa shape index (κ2) is 12.4. The van der Waals surface area contributed by atoms with Crippen LogP contribution in [0, 0.1) is 11.8 Å². The Labute approximate surface area is 234 Å². The lowest BCUT2D eigenvalue weighted by atomic mass is 9.60. The molecule has 4 rings (SSSR count). The summed E-state index contributed by atoms with van der Waals surface area (Å²) in [7, 11) is 1.66. The predicted octanol–water partition coefficient (Wildman–Crippen LogP) is 4.52. The first-order valence-electron chi connectivity index (χ1n) is 13.8. The SMILES string of the molecule is CC(C)CC(C=NOCc1ccccc1)NC(=O)[C@@H]1CCCC[C@@]1(C(N)=O)c1c(C(=O)O)n(C)c2ccccc12. The number of fused-ring (bicyclic) bond motifs is 1. The number of aryl methyl sites for hydroxylation is 1. The molecule has 1 aliphatic rings. The minimum Gasteiger partial charge on any atom is -0.477 e. The van der Waals surface area contributed by atoms with E-state index >= 15 is 0 Å². The van der Waals surface area contributed by atoms with Gasteiger partial charge in [-0.2, -0.15) is 0 Å². The van der Waals surface area contributed by atoms with Crippen LogP contribution in [0.4, 0.5) is 0 Å². The molecule has 1 fully saturated rings. The lowest BCUT2D eigenvalue weighted by Gasteiger charge is -2.41. The smallest absolute Gasteiger partial charge is 0.352 e. The number of para-hydroxylation sites is 1. The number of nitrogens with two attached hydrogens (primary N) is 1. The van der Waals surface area contributed by atoms with Gasteiger partial charge in [0.15, 0.2) is 0 Å². The molecule has 0 spiro atoms. The van der Waals surface area contributed by atoms with Crippen molar-refractivity contribution in [3.63, 3.8) is 0 Å². The Hall–Kier alpha value is -4.14. The van der Waals surface area contributed by atoms with Crippen LogP contribution in [0.15, 0.2) is 59.8 Å². The van der Waals surface area contributed by atoms with Crippen LogP contribution >= 0.6 is 0 Å². The zero-order chi connectivity index (χ0) is 28.9. The van der Waals surface area contributed by atoms with Crippen molar-refractivity contribution in [1.82, 2.24) is 9.88 Å². The van der Waals surface area contributed by atoms with Gasteiger partial charge in [0, 0.05) is 23.5 Å². The second-order valence-electron chi connectivity index (χ2n) is 11.0. The standard InChI is InChI=1S/C31H38N4O5/c1-20(2)17-22(18-33-40-19-21-11-5-4-6-12-21)34-28(36)24-14-9-10-16-31(24,30(32)39)26-23-13-7-8-15-25(23)35(3)27(26)29(37)38/h4-8,11-13,15,18,20,22,24H,9-10,14,16-17,19H2,1-3H3,(H2,32,39)(H,34,36)(H,37,38)/t22?,24-,31-/m0/s1. The van der Waals surface area contributed by atoms with Crippen molar-refractivity contribution in [3.05, 3.63) is 71.4 Å². The summed E-state index contributed by atoms with van der Waals surface area (Å²) in [5, 5.41) is 18.0. The Balaban J connectivity index is 1.68. The van der Waals surface area contributed by atoms with Crippen molar-refractivity contribution in [1.29, 1.82) is 0 Å². The minimum absolute atomic E-state index is 0.0192. The van der Waals surface area contributed by atoms with Crippen molar-refractivity contribution in [2.45, 2.75) is 64.0 Å². The highest BCUT2D eigenvalue weighted by atomic mass is 16.6. The molecule has 212 valence electrons. The molecule has 40 heavy (non-hydrogen) atoms. The van der Waals surface area contributed by atoms with E-state index in [0.717, 1.165) is 12.0 Å². The number of nitrogens with one attached hydrogen (secondary N) is 1. The average Bonchev–Trinajstić information content (AvgIpc) is 3.24. The van der Waals surface area contributed by atoms with Crippen molar-refractivity contribution in [2.75, 3.05) is 0 Å². The van der Waals surface area contributed by atoms with Gasteiger partial charge in [-0.15, -0.1) is 0 Å². The third-order valence-corrected chi connectivity index (χ3v) is 7.86. The van der Waals surface area contributed by atoms with E-state index in [1.165, 1.54) is 0 Å². The number of oxime groups is 1. The highest BCUT2D eigenvalue weighted by molar-refractivity contribution is 6.06. The van der Waals surface area contributed by atoms with Gasteiger partial charge in [-0.05, 0) is 36.8 Å². The molecule has 9 heteroatoms. The van der Waals surface area contributed by atoms with E-state index in [0.29, 0.717) is 42.3 Å². The quantitative estimate of drug-likeness (QED) is 0.240. The van der Waals surface area contributed by atoms with Crippen molar-refractivity contribution >= 4 is 34.9 Å². The van der Waals surface area contributed by atoms with Gasteiger partial charge in [-0.1, -0.05) is 80.4 Å². The number of primary amides is 1. The van der Waals surface area contributed by atoms with Crippen LogP contribution in [-0.2, 0) is 33.5 Å².